The van der Waals surface area contributed by atoms with Crippen LogP contribution in [-0.4, -0.2) is 39.4 Å². The number of para-hydroxylation sites is 1. The third-order valence-electron chi connectivity index (χ3n) is 5.72. The van der Waals surface area contributed by atoms with Gasteiger partial charge in [-0.3, -0.25) is 9.10 Å². The second kappa shape index (κ2) is 9.04. The summed E-state index contributed by atoms with van der Waals surface area (Å²) in [6.45, 7) is 3.18. The molecule has 0 saturated carbocycles. The number of methoxy groups -OCH3 is 1. The maximum absolute atomic E-state index is 13.5. The largest absolute Gasteiger partial charge is 0.496 e. The molecule has 0 fully saturated rings. The number of rotatable bonds is 7. The first-order chi connectivity index (χ1) is 15.5. The van der Waals surface area contributed by atoms with E-state index < -0.39 is 10.0 Å². The molecule has 6 nitrogen and oxygen atoms in total. The third-order valence-corrected chi connectivity index (χ3v) is 7.53. The number of benzene rings is 3. The Morgan fingerprint density at radius 3 is 2.47 bits per heavy atom. The predicted molar refractivity (Wildman–Crippen MR) is 125 cm³/mol. The van der Waals surface area contributed by atoms with Crippen molar-refractivity contribution in [3.8, 4) is 5.75 Å². The van der Waals surface area contributed by atoms with Crippen molar-refractivity contribution in [3.63, 3.8) is 0 Å². The van der Waals surface area contributed by atoms with E-state index in [2.05, 4.69) is 0 Å². The monoisotopic (exact) mass is 450 g/mol. The van der Waals surface area contributed by atoms with Gasteiger partial charge in [-0.25, -0.2) is 8.42 Å². The van der Waals surface area contributed by atoms with Gasteiger partial charge >= 0.3 is 0 Å². The van der Waals surface area contributed by atoms with Gasteiger partial charge in [-0.15, -0.1) is 0 Å². The van der Waals surface area contributed by atoms with Gasteiger partial charge in [-0.05, 0) is 48.7 Å². The van der Waals surface area contributed by atoms with Crippen molar-refractivity contribution < 1.29 is 17.9 Å². The van der Waals surface area contributed by atoms with Crippen molar-refractivity contribution in [2.45, 2.75) is 24.8 Å². The summed E-state index contributed by atoms with van der Waals surface area (Å²) < 4.78 is 33.7. The van der Waals surface area contributed by atoms with Crippen LogP contribution in [0.5, 0.6) is 5.75 Å². The van der Waals surface area contributed by atoms with E-state index in [4.69, 9.17) is 4.74 Å². The molecule has 0 atom stereocenters. The van der Waals surface area contributed by atoms with Crippen molar-refractivity contribution in [1.29, 1.82) is 0 Å². The van der Waals surface area contributed by atoms with E-state index >= 15 is 0 Å². The van der Waals surface area contributed by atoms with Gasteiger partial charge in [0.05, 0.1) is 23.3 Å². The fourth-order valence-corrected chi connectivity index (χ4v) is 5.53. The van der Waals surface area contributed by atoms with Crippen LogP contribution in [0.2, 0.25) is 0 Å². The van der Waals surface area contributed by atoms with Crippen LogP contribution >= 0.6 is 0 Å². The zero-order valence-electron chi connectivity index (χ0n) is 18.2. The smallest absolute Gasteiger partial charge is 0.264 e. The Bertz CT molecular complexity index is 1230. The molecule has 0 unspecified atom stereocenters. The summed E-state index contributed by atoms with van der Waals surface area (Å²) in [6, 6.07) is 21.7. The zero-order valence-corrected chi connectivity index (χ0v) is 19.0. The third kappa shape index (κ3) is 4.08. The summed E-state index contributed by atoms with van der Waals surface area (Å²) >= 11 is 0. The fourth-order valence-electron chi connectivity index (χ4n) is 4.00. The molecule has 3 aromatic rings. The Balaban J connectivity index is 1.69. The molecule has 1 aliphatic heterocycles. The molecule has 166 valence electrons. The quantitative estimate of drug-likeness (QED) is 0.543. The van der Waals surface area contributed by atoms with Crippen molar-refractivity contribution in [3.05, 3.63) is 89.5 Å². The van der Waals surface area contributed by atoms with Crippen LogP contribution in [0.15, 0.2) is 77.7 Å². The molecule has 0 aliphatic carbocycles. The first-order valence-electron chi connectivity index (χ1n) is 10.6. The maximum atomic E-state index is 13.5. The van der Waals surface area contributed by atoms with Crippen LogP contribution in [0.25, 0.3) is 0 Å². The van der Waals surface area contributed by atoms with E-state index in [9.17, 15) is 13.2 Å². The number of ether oxygens (including phenoxy) is 1. The Kier molecular flexibility index (Phi) is 6.19. The molecule has 1 amide bonds. The molecule has 0 radical (unpaired) electrons. The molecule has 0 N–H and O–H groups in total. The second-order valence-electron chi connectivity index (χ2n) is 7.62. The molecule has 0 spiro atoms. The summed E-state index contributed by atoms with van der Waals surface area (Å²) in [7, 11) is -2.34. The van der Waals surface area contributed by atoms with Gasteiger partial charge in [0.15, 0.2) is 0 Å². The summed E-state index contributed by atoms with van der Waals surface area (Å²) in [5, 5.41) is 0. The van der Waals surface area contributed by atoms with Gasteiger partial charge in [0, 0.05) is 19.6 Å². The zero-order chi connectivity index (χ0) is 22.7. The number of fused-ring (bicyclic) bond motifs is 1. The lowest BCUT2D eigenvalue weighted by atomic mass is 10.1. The lowest BCUT2D eigenvalue weighted by Crippen LogP contribution is -2.32. The Morgan fingerprint density at radius 1 is 1.03 bits per heavy atom. The molecule has 4 rings (SSSR count). The number of hydrogen-bond acceptors (Lipinski definition) is 4. The van der Waals surface area contributed by atoms with E-state index in [0.717, 1.165) is 11.1 Å². The summed E-state index contributed by atoms with van der Waals surface area (Å²) in [6.07, 6.45) is 0.665. The average Bonchev–Trinajstić information content (AvgIpc) is 3.27. The minimum atomic E-state index is -3.82. The van der Waals surface area contributed by atoms with Gasteiger partial charge in [0.25, 0.3) is 15.9 Å². The number of sulfonamides is 1. The van der Waals surface area contributed by atoms with Crippen LogP contribution in [0.3, 0.4) is 0 Å². The lowest BCUT2D eigenvalue weighted by molar-refractivity contribution is 0.0749. The average molecular weight is 451 g/mol. The van der Waals surface area contributed by atoms with Crippen LogP contribution in [0.1, 0.15) is 28.4 Å². The second-order valence-corrected chi connectivity index (χ2v) is 9.49. The van der Waals surface area contributed by atoms with Crippen molar-refractivity contribution in [2.75, 3.05) is 24.5 Å². The molecule has 32 heavy (non-hydrogen) atoms. The molecule has 0 bridgehead atoms. The van der Waals surface area contributed by atoms with E-state index in [1.54, 1.807) is 11.0 Å². The van der Waals surface area contributed by atoms with Crippen LogP contribution in [-0.2, 0) is 23.0 Å². The predicted octanol–water partition coefficient (Wildman–Crippen LogP) is 4.11. The molecule has 7 heteroatoms. The molecule has 1 heterocycles. The number of hydrogen-bond donors (Lipinski definition) is 0. The molecular formula is C25H26N2O4S. The summed E-state index contributed by atoms with van der Waals surface area (Å²) in [5.74, 6) is 0.0781. The molecule has 0 aromatic heterocycles. The van der Waals surface area contributed by atoms with Gasteiger partial charge in [0.1, 0.15) is 5.75 Å². The number of nitrogens with zero attached hydrogens (tertiary/aromatic N) is 2. The van der Waals surface area contributed by atoms with Gasteiger partial charge in [-0.1, -0.05) is 48.5 Å². The highest BCUT2D eigenvalue weighted by atomic mass is 32.2. The first-order valence-corrected chi connectivity index (χ1v) is 12.0. The Labute approximate surface area is 189 Å². The molecule has 1 aliphatic rings. The van der Waals surface area contributed by atoms with Crippen molar-refractivity contribution in [1.82, 2.24) is 4.90 Å². The molecule has 0 saturated heterocycles. The van der Waals surface area contributed by atoms with E-state index in [0.29, 0.717) is 37.5 Å². The van der Waals surface area contributed by atoms with Gasteiger partial charge < -0.3 is 9.64 Å². The number of amides is 1. The van der Waals surface area contributed by atoms with Gasteiger partial charge in [-0.2, -0.15) is 0 Å². The standard InChI is InChI=1S/C25H26N2O4S/c1-3-26(18-19-9-5-4-6-10-19)25(28)22-17-21(13-14-24(22)31-2)32(29,30)27-16-15-20-11-7-8-12-23(20)27/h4-14,17H,3,15-16,18H2,1-2H3. The van der Waals surface area contributed by atoms with Crippen molar-refractivity contribution >= 4 is 21.6 Å². The highest BCUT2D eigenvalue weighted by Gasteiger charge is 2.32. The minimum absolute atomic E-state index is 0.0779. The fraction of sp³-hybridized carbons (Fsp3) is 0.240. The van der Waals surface area contributed by atoms with E-state index in [1.807, 2.05) is 61.5 Å². The Morgan fingerprint density at radius 2 is 1.75 bits per heavy atom. The highest BCUT2D eigenvalue weighted by molar-refractivity contribution is 7.92. The van der Waals surface area contributed by atoms with E-state index in [-0.39, 0.29) is 16.4 Å². The maximum Gasteiger partial charge on any atom is 0.264 e. The number of carbonyl (C=O) groups is 1. The topological polar surface area (TPSA) is 66.9 Å². The number of anilines is 1. The van der Waals surface area contributed by atoms with Crippen LogP contribution in [0, 0.1) is 0 Å². The number of carbonyl (C=O) groups excluding carboxylic acids is 1. The minimum Gasteiger partial charge on any atom is -0.496 e. The summed E-state index contributed by atoms with van der Waals surface area (Å²) in [4.78, 5) is 15.1. The van der Waals surface area contributed by atoms with Crippen molar-refractivity contribution in [2.24, 2.45) is 0 Å². The lowest BCUT2D eigenvalue weighted by Gasteiger charge is -2.24. The SMILES string of the molecule is CCN(Cc1ccccc1)C(=O)c1cc(S(=O)(=O)N2CCc3ccccc32)ccc1OC. The normalized spacial score (nSPS) is 13.0. The van der Waals surface area contributed by atoms with Gasteiger partial charge in [0.2, 0.25) is 0 Å². The highest BCUT2D eigenvalue weighted by Crippen LogP contribution is 2.34. The van der Waals surface area contributed by atoms with Crippen LogP contribution in [0.4, 0.5) is 5.69 Å². The molecular weight excluding hydrogens is 424 g/mol. The molecule has 3 aromatic carbocycles. The Hall–Kier alpha value is -3.32. The van der Waals surface area contributed by atoms with Crippen LogP contribution < -0.4 is 9.04 Å². The summed E-state index contributed by atoms with van der Waals surface area (Å²) in [5.41, 5.74) is 2.93. The van der Waals surface area contributed by atoms with E-state index in [1.165, 1.54) is 23.5 Å². The first kappa shape index (κ1) is 21.9.